The molecular weight excluding hydrogens is 248 g/mol. The van der Waals surface area contributed by atoms with Gasteiger partial charge in [-0.2, -0.15) is 5.26 Å². The second kappa shape index (κ2) is 6.45. The maximum Gasteiger partial charge on any atom is 0.0672 e. The molecule has 0 bridgehead atoms. The van der Waals surface area contributed by atoms with Crippen molar-refractivity contribution in [1.29, 1.82) is 5.26 Å². The number of hydrogen-bond acceptors (Lipinski definition) is 3. The van der Waals surface area contributed by atoms with Crippen molar-refractivity contribution in [1.82, 2.24) is 4.90 Å². The van der Waals surface area contributed by atoms with Gasteiger partial charge in [0.05, 0.1) is 18.6 Å². The van der Waals surface area contributed by atoms with Gasteiger partial charge in [-0.25, -0.2) is 0 Å². The maximum atomic E-state index is 9.49. The third-order valence-corrected chi connectivity index (χ3v) is 5.80. The summed E-state index contributed by atoms with van der Waals surface area (Å²) in [5.41, 5.74) is 0.368. The molecule has 0 heterocycles. The summed E-state index contributed by atoms with van der Waals surface area (Å²) in [6.07, 6.45) is 7.05. The Kier molecular flexibility index (Phi) is 5.09. The molecule has 2 rings (SSSR count). The number of nitriles is 1. The van der Waals surface area contributed by atoms with Crippen LogP contribution in [0, 0.1) is 28.6 Å². The second-order valence-electron chi connectivity index (χ2n) is 7.35. The molecule has 3 heteroatoms. The highest BCUT2D eigenvalue weighted by atomic mass is 16.3. The van der Waals surface area contributed by atoms with Crippen LogP contribution in [0.25, 0.3) is 0 Å². The number of rotatable bonds is 6. The molecule has 0 aromatic rings. The van der Waals surface area contributed by atoms with Gasteiger partial charge in [-0.15, -0.1) is 0 Å². The Labute approximate surface area is 124 Å². The number of nitrogens with zero attached hydrogens (tertiary/aromatic N) is 2. The fourth-order valence-corrected chi connectivity index (χ4v) is 3.80. The van der Waals surface area contributed by atoms with E-state index in [0.29, 0.717) is 23.4 Å². The van der Waals surface area contributed by atoms with Crippen LogP contribution in [-0.4, -0.2) is 35.2 Å². The Balaban J connectivity index is 2.11. The predicted octanol–water partition coefficient (Wildman–Crippen LogP) is 3.19. The van der Waals surface area contributed by atoms with Crippen LogP contribution in [-0.2, 0) is 0 Å². The first-order chi connectivity index (χ1) is 9.53. The van der Waals surface area contributed by atoms with Crippen LogP contribution in [0.1, 0.15) is 59.3 Å². The molecule has 2 saturated carbocycles. The van der Waals surface area contributed by atoms with Gasteiger partial charge in [0.2, 0.25) is 0 Å². The van der Waals surface area contributed by atoms with Gasteiger partial charge < -0.3 is 5.11 Å². The predicted molar refractivity (Wildman–Crippen MR) is 81.1 cm³/mol. The highest BCUT2D eigenvalue weighted by Crippen LogP contribution is 2.45. The van der Waals surface area contributed by atoms with E-state index in [1.54, 1.807) is 0 Å². The highest BCUT2D eigenvalue weighted by Gasteiger charge is 2.43. The first kappa shape index (κ1) is 15.8. The summed E-state index contributed by atoms with van der Waals surface area (Å²) >= 11 is 0. The standard InChI is InChI=1S/C17H30N2O/c1-4-17(2,3)14-6-5-13(12-18)16(11-14)19(9-10-20)15-7-8-15/h13-16,20H,4-11H2,1-3H3. The summed E-state index contributed by atoms with van der Waals surface area (Å²) in [5.74, 6) is 0.869. The Hall–Kier alpha value is -0.590. The number of hydrogen-bond donors (Lipinski definition) is 1. The minimum Gasteiger partial charge on any atom is -0.395 e. The largest absolute Gasteiger partial charge is 0.395 e. The van der Waals surface area contributed by atoms with Crippen molar-refractivity contribution in [2.45, 2.75) is 71.4 Å². The Morgan fingerprint density at radius 1 is 1.25 bits per heavy atom. The molecule has 2 aliphatic rings. The zero-order valence-electron chi connectivity index (χ0n) is 13.3. The molecule has 3 unspecified atom stereocenters. The summed E-state index contributed by atoms with van der Waals surface area (Å²) in [6.45, 7) is 7.97. The zero-order chi connectivity index (χ0) is 14.8. The first-order valence-electron chi connectivity index (χ1n) is 8.29. The van der Waals surface area contributed by atoms with E-state index >= 15 is 0 Å². The quantitative estimate of drug-likeness (QED) is 0.811. The molecule has 3 nitrogen and oxygen atoms in total. The van der Waals surface area contributed by atoms with E-state index in [1.165, 1.54) is 25.7 Å². The van der Waals surface area contributed by atoms with Crippen LogP contribution in [0.4, 0.5) is 0 Å². The van der Waals surface area contributed by atoms with Gasteiger partial charge in [0.15, 0.2) is 0 Å². The monoisotopic (exact) mass is 278 g/mol. The minimum absolute atomic E-state index is 0.158. The smallest absolute Gasteiger partial charge is 0.0672 e. The number of aliphatic hydroxyl groups excluding tert-OH is 1. The van der Waals surface area contributed by atoms with Gasteiger partial charge in [-0.05, 0) is 43.4 Å². The van der Waals surface area contributed by atoms with Crippen molar-refractivity contribution in [2.24, 2.45) is 17.3 Å². The van der Waals surface area contributed by atoms with Crippen molar-refractivity contribution in [3.8, 4) is 6.07 Å². The van der Waals surface area contributed by atoms with E-state index < -0.39 is 0 Å². The van der Waals surface area contributed by atoms with Crippen molar-refractivity contribution in [3.63, 3.8) is 0 Å². The Bertz CT molecular complexity index is 356. The summed E-state index contributed by atoms with van der Waals surface area (Å²) in [6, 6.07) is 3.54. The third-order valence-electron chi connectivity index (χ3n) is 5.80. The van der Waals surface area contributed by atoms with Gasteiger partial charge in [-0.3, -0.25) is 4.90 Å². The molecule has 1 N–H and O–H groups in total. The third kappa shape index (κ3) is 3.35. The molecule has 0 saturated heterocycles. The average Bonchev–Trinajstić information content (AvgIpc) is 3.28. The van der Waals surface area contributed by atoms with Crippen LogP contribution in [0.5, 0.6) is 0 Å². The first-order valence-corrected chi connectivity index (χ1v) is 8.29. The van der Waals surface area contributed by atoms with Crippen molar-refractivity contribution in [3.05, 3.63) is 0 Å². The minimum atomic E-state index is 0.158. The summed E-state index contributed by atoms with van der Waals surface area (Å²) in [4.78, 5) is 2.45. The van der Waals surface area contributed by atoms with Crippen molar-refractivity contribution in [2.75, 3.05) is 13.2 Å². The normalized spacial score (nSPS) is 31.3. The van der Waals surface area contributed by atoms with Crippen LogP contribution in [0.3, 0.4) is 0 Å². The van der Waals surface area contributed by atoms with Crippen molar-refractivity contribution < 1.29 is 5.11 Å². The maximum absolute atomic E-state index is 9.49. The molecule has 2 aliphatic carbocycles. The van der Waals surface area contributed by atoms with Crippen LogP contribution >= 0.6 is 0 Å². The second-order valence-corrected chi connectivity index (χ2v) is 7.35. The molecule has 20 heavy (non-hydrogen) atoms. The van der Waals surface area contributed by atoms with Gasteiger partial charge in [0.1, 0.15) is 0 Å². The van der Waals surface area contributed by atoms with Crippen molar-refractivity contribution >= 4 is 0 Å². The van der Waals surface area contributed by atoms with E-state index in [-0.39, 0.29) is 12.5 Å². The fraction of sp³-hybridized carbons (Fsp3) is 0.941. The summed E-state index contributed by atoms with van der Waals surface area (Å²) < 4.78 is 0. The average molecular weight is 278 g/mol. The Morgan fingerprint density at radius 2 is 1.95 bits per heavy atom. The summed E-state index contributed by atoms with van der Waals surface area (Å²) in [5, 5.41) is 18.8. The lowest BCUT2D eigenvalue weighted by molar-refractivity contribution is 0.0380. The molecule has 2 fully saturated rings. The lowest BCUT2D eigenvalue weighted by Crippen LogP contribution is -2.48. The van der Waals surface area contributed by atoms with Gasteiger partial charge in [0, 0.05) is 18.6 Å². The van der Waals surface area contributed by atoms with E-state index in [4.69, 9.17) is 0 Å². The van der Waals surface area contributed by atoms with Crippen LogP contribution in [0.2, 0.25) is 0 Å². The molecule has 0 aromatic carbocycles. The molecule has 3 atom stereocenters. The molecule has 0 spiro atoms. The lowest BCUT2D eigenvalue weighted by Gasteiger charge is -2.45. The Morgan fingerprint density at radius 3 is 2.45 bits per heavy atom. The van der Waals surface area contributed by atoms with Gasteiger partial charge >= 0.3 is 0 Å². The lowest BCUT2D eigenvalue weighted by atomic mass is 9.66. The van der Waals surface area contributed by atoms with Gasteiger partial charge in [-0.1, -0.05) is 27.2 Å². The molecule has 0 aromatic heterocycles. The highest BCUT2D eigenvalue weighted by molar-refractivity contribution is 5.02. The van der Waals surface area contributed by atoms with Crippen LogP contribution < -0.4 is 0 Å². The molecule has 0 amide bonds. The van der Waals surface area contributed by atoms with E-state index in [0.717, 1.165) is 19.4 Å². The fourth-order valence-electron chi connectivity index (χ4n) is 3.80. The SMILES string of the molecule is CCC(C)(C)C1CCC(C#N)C(N(CCO)C2CC2)C1. The molecular formula is C17H30N2O. The molecule has 0 radical (unpaired) electrons. The molecule has 0 aliphatic heterocycles. The number of aliphatic hydroxyl groups is 1. The zero-order valence-corrected chi connectivity index (χ0v) is 13.3. The summed E-state index contributed by atoms with van der Waals surface area (Å²) in [7, 11) is 0. The van der Waals surface area contributed by atoms with Crippen LogP contribution in [0.15, 0.2) is 0 Å². The van der Waals surface area contributed by atoms with Gasteiger partial charge in [0.25, 0.3) is 0 Å². The topological polar surface area (TPSA) is 47.3 Å². The van der Waals surface area contributed by atoms with E-state index in [9.17, 15) is 10.4 Å². The molecule has 114 valence electrons. The van der Waals surface area contributed by atoms with E-state index in [1.807, 2.05) is 0 Å². The van der Waals surface area contributed by atoms with E-state index in [2.05, 4.69) is 31.7 Å².